The van der Waals surface area contributed by atoms with E-state index in [0.717, 1.165) is 10.8 Å². The minimum atomic E-state index is 0.264. The van der Waals surface area contributed by atoms with Crippen LogP contribution in [0.5, 0.6) is 0 Å². The van der Waals surface area contributed by atoms with E-state index in [9.17, 15) is 0 Å². The van der Waals surface area contributed by atoms with Gasteiger partial charge in [0.15, 0.2) is 0 Å². The molecule has 0 aromatic carbocycles. The van der Waals surface area contributed by atoms with Gasteiger partial charge < -0.3 is 0 Å². The summed E-state index contributed by atoms with van der Waals surface area (Å²) < 4.78 is 0. The lowest BCUT2D eigenvalue weighted by molar-refractivity contribution is 0.442. The zero-order chi connectivity index (χ0) is 14.1. The second-order valence-electron chi connectivity index (χ2n) is 8.91. The molecule has 1 fully saturated rings. The molecule has 1 saturated heterocycles. The van der Waals surface area contributed by atoms with Crippen LogP contribution < -0.4 is 0 Å². The largest absolute Gasteiger partial charge is 0.0904 e. The minimum absolute atomic E-state index is 0.264. The standard InChI is InChI=1S/C15H29P3/c1-13(2,3)10-16-11(14(4,5)6)18-12(17(10)18)15(7,8)9/h10,12H,1-9H3/t10-,12-,17+,18-/m1/s1. The van der Waals surface area contributed by atoms with E-state index in [1.807, 2.05) is 5.03 Å². The van der Waals surface area contributed by atoms with Crippen molar-refractivity contribution in [2.45, 2.75) is 73.1 Å². The van der Waals surface area contributed by atoms with Crippen molar-refractivity contribution in [2.75, 3.05) is 0 Å². The zero-order valence-corrected chi connectivity index (χ0v) is 16.2. The molecule has 2 aliphatic heterocycles. The van der Waals surface area contributed by atoms with Crippen LogP contribution in [-0.4, -0.2) is 15.8 Å². The third-order valence-corrected chi connectivity index (χ3v) is 18.4. The van der Waals surface area contributed by atoms with E-state index in [2.05, 4.69) is 62.3 Å². The predicted octanol–water partition coefficient (Wildman–Crippen LogP) is 6.76. The van der Waals surface area contributed by atoms with Crippen molar-refractivity contribution in [3.05, 3.63) is 0 Å². The van der Waals surface area contributed by atoms with Crippen molar-refractivity contribution < 1.29 is 0 Å². The molecule has 0 nitrogen and oxygen atoms in total. The quantitative estimate of drug-likeness (QED) is 0.434. The summed E-state index contributed by atoms with van der Waals surface area (Å²) in [7, 11) is 2.29. The van der Waals surface area contributed by atoms with Crippen molar-refractivity contribution in [1.29, 1.82) is 0 Å². The molecular formula is C15H29P3. The molecule has 18 heavy (non-hydrogen) atoms. The topological polar surface area (TPSA) is 0 Å². The Morgan fingerprint density at radius 1 is 0.833 bits per heavy atom. The highest BCUT2D eigenvalue weighted by molar-refractivity contribution is 8.57. The molecular weight excluding hydrogens is 273 g/mol. The second-order valence-corrected chi connectivity index (χ2v) is 17.4. The van der Waals surface area contributed by atoms with Gasteiger partial charge in [0.1, 0.15) is 0 Å². The lowest BCUT2D eigenvalue weighted by Crippen LogP contribution is -2.23. The van der Waals surface area contributed by atoms with E-state index in [4.69, 9.17) is 0 Å². The van der Waals surface area contributed by atoms with Crippen LogP contribution in [0.1, 0.15) is 62.3 Å². The van der Waals surface area contributed by atoms with Crippen molar-refractivity contribution >= 4 is 28.5 Å². The predicted molar refractivity (Wildman–Crippen MR) is 91.7 cm³/mol. The lowest BCUT2D eigenvalue weighted by Gasteiger charge is -2.31. The smallest absolute Gasteiger partial charge is 0.0310 e. The Hall–Kier alpha value is 1.03. The molecule has 2 aliphatic rings. The Morgan fingerprint density at radius 2 is 1.33 bits per heavy atom. The third-order valence-electron chi connectivity index (χ3n) is 3.61. The fourth-order valence-corrected chi connectivity index (χ4v) is 22.5. The highest BCUT2D eigenvalue weighted by Gasteiger charge is 2.65. The Morgan fingerprint density at radius 3 is 1.67 bits per heavy atom. The van der Waals surface area contributed by atoms with Crippen LogP contribution in [0.3, 0.4) is 0 Å². The van der Waals surface area contributed by atoms with Crippen LogP contribution in [0.4, 0.5) is 0 Å². The van der Waals surface area contributed by atoms with Crippen molar-refractivity contribution in [1.82, 2.24) is 0 Å². The molecule has 2 rings (SSSR count). The molecule has 0 aliphatic carbocycles. The summed E-state index contributed by atoms with van der Waals surface area (Å²) in [6.45, 7) is 22.1. The molecule has 0 unspecified atom stereocenters. The lowest BCUT2D eigenvalue weighted by atomic mass is 9.99. The molecule has 0 aromatic rings. The number of hydrogen-bond donors (Lipinski definition) is 0. The van der Waals surface area contributed by atoms with Crippen LogP contribution in [0.15, 0.2) is 0 Å². The number of fused-ring (bicyclic) bond motifs is 1. The average Bonchev–Trinajstić information content (AvgIpc) is 2.65. The van der Waals surface area contributed by atoms with Crippen LogP contribution >= 0.6 is 23.4 Å². The van der Waals surface area contributed by atoms with E-state index < -0.39 is 0 Å². The number of hydrogen-bond acceptors (Lipinski definition) is 0. The summed E-state index contributed by atoms with van der Waals surface area (Å²) in [5, 5.41) is 3.96. The average molecular weight is 302 g/mol. The van der Waals surface area contributed by atoms with Gasteiger partial charge in [0, 0.05) is 10.8 Å². The first-order valence-electron chi connectivity index (χ1n) is 7.01. The van der Waals surface area contributed by atoms with Gasteiger partial charge in [0.25, 0.3) is 0 Å². The van der Waals surface area contributed by atoms with Gasteiger partial charge in [0.2, 0.25) is 0 Å². The minimum Gasteiger partial charge on any atom is -0.0904 e. The van der Waals surface area contributed by atoms with E-state index in [0.29, 0.717) is 23.9 Å². The van der Waals surface area contributed by atoms with Crippen LogP contribution in [0, 0.1) is 16.2 Å². The molecule has 4 atom stereocenters. The van der Waals surface area contributed by atoms with Crippen LogP contribution in [0.25, 0.3) is 0 Å². The normalized spacial score (nSPS) is 37.3. The molecule has 0 amide bonds. The second kappa shape index (κ2) is 4.26. The Labute approximate surface area is 118 Å². The molecule has 3 heteroatoms. The molecule has 0 saturated carbocycles. The van der Waals surface area contributed by atoms with Crippen LogP contribution in [-0.2, 0) is 0 Å². The van der Waals surface area contributed by atoms with Gasteiger partial charge in [0.05, 0.1) is 0 Å². The summed E-state index contributed by atoms with van der Waals surface area (Å²) in [6.07, 6.45) is 0. The molecule has 104 valence electrons. The SMILES string of the molecule is CC(C)(C)C1=P[C@@H](C(C)(C)C)[P@@]2[C@@H](C(C)(C)C)[P@@]12. The van der Waals surface area contributed by atoms with Gasteiger partial charge in [-0.1, -0.05) is 78.1 Å². The molecule has 0 N–H and O–H groups in total. The summed E-state index contributed by atoms with van der Waals surface area (Å²) in [6, 6.07) is 0. The Balaban J connectivity index is 2.35. The maximum absolute atomic E-state index is 2.47. The first kappa shape index (κ1) is 15.4. The molecule has 2 heterocycles. The third kappa shape index (κ3) is 2.60. The fraction of sp³-hybridized carbons (Fsp3) is 0.933. The van der Waals surface area contributed by atoms with E-state index >= 15 is 0 Å². The number of rotatable bonds is 0. The summed E-state index contributed by atoms with van der Waals surface area (Å²) in [5.74, 6) is 0. The molecule has 0 bridgehead atoms. The summed E-state index contributed by atoms with van der Waals surface area (Å²) in [4.78, 5) is 0. The van der Waals surface area contributed by atoms with Crippen molar-refractivity contribution in [3.8, 4) is 0 Å². The fourth-order valence-electron chi connectivity index (χ4n) is 2.79. The van der Waals surface area contributed by atoms with Gasteiger partial charge in [-0.2, -0.15) is 0 Å². The van der Waals surface area contributed by atoms with Gasteiger partial charge >= 0.3 is 0 Å². The van der Waals surface area contributed by atoms with Crippen LogP contribution in [0.2, 0.25) is 0 Å². The van der Waals surface area contributed by atoms with Gasteiger partial charge in [-0.05, 0) is 28.9 Å². The highest BCUT2D eigenvalue weighted by Crippen LogP contribution is 3.06. The zero-order valence-electron chi connectivity index (χ0n) is 13.5. The van der Waals surface area contributed by atoms with Gasteiger partial charge in [-0.3, -0.25) is 0 Å². The first-order chi connectivity index (χ1) is 7.85. The van der Waals surface area contributed by atoms with Gasteiger partial charge in [-0.15, -0.1) is 0 Å². The Bertz CT molecular complexity index is 376. The summed E-state index contributed by atoms with van der Waals surface area (Å²) in [5.41, 5.74) is 1.47. The van der Waals surface area contributed by atoms with E-state index in [1.54, 1.807) is 8.20 Å². The van der Waals surface area contributed by atoms with Crippen molar-refractivity contribution in [3.63, 3.8) is 0 Å². The maximum Gasteiger partial charge on any atom is 0.0310 e. The summed E-state index contributed by atoms with van der Waals surface area (Å²) >= 11 is 0. The molecule has 0 aromatic heterocycles. The van der Waals surface area contributed by atoms with E-state index in [1.165, 1.54) is 0 Å². The monoisotopic (exact) mass is 302 g/mol. The highest BCUT2D eigenvalue weighted by atomic mass is 32.1. The van der Waals surface area contributed by atoms with Crippen molar-refractivity contribution in [2.24, 2.45) is 16.2 Å². The molecule has 0 spiro atoms. The Kier molecular flexibility index (Phi) is 3.65. The molecule has 0 radical (unpaired) electrons. The first-order valence-corrected chi connectivity index (χ1v) is 11.6. The van der Waals surface area contributed by atoms with Gasteiger partial charge in [-0.25, -0.2) is 0 Å². The maximum atomic E-state index is 2.47. The van der Waals surface area contributed by atoms with E-state index in [-0.39, 0.29) is 7.61 Å².